The van der Waals surface area contributed by atoms with Gasteiger partial charge in [0.25, 0.3) is 0 Å². The van der Waals surface area contributed by atoms with E-state index in [1.54, 1.807) is 7.11 Å². The third kappa shape index (κ3) is 4.90. The third-order valence-electron chi connectivity index (χ3n) is 3.85. The van der Waals surface area contributed by atoms with Crippen molar-refractivity contribution in [1.82, 2.24) is 4.98 Å². The number of thiazole rings is 1. The Bertz CT molecular complexity index is 813. The Morgan fingerprint density at radius 2 is 1.88 bits per heavy atom. The smallest absolute Gasteiger partial charge is 0.226 e. The molecule has 0 atom stereocenters. The lowest BCUT2D eigenvalue weighted by Crippen LogP contribution is -2.11. The number of ether oxygens (including phenoxy) is 1. The number of aryl methyl sites for hydroxylation is 1. The number of rotatable bonds is 7. The SMILES string of the molecule is COc1ccc(-c2csc(NC(=O)CCCc3ccccc3)n2)cc1. The number of amides is 1. The summed E-state index contributed by atoms with van der Waals surface area (Å²) in [5, 5.41) is 5.47. The molecule has 0 radical (unpaired) electrons. The quantitative estimate of drug-likeness (QED) is 0.666. The molecule has 0 unspecified atom stereocenters. The molecule has 3 rings (SSSR count). The highest BCUT2D eigenvalue weighted by molar-refractivity contribution is 7.14. The lowest BCUT2D eigenvalue weighted by Gasteiger charge is -2.03. The molecule has 1 N–H and O–H groups in total. The molecule has 0 bridgehead atoms. The number of hydrogen-bond donors (Lipinski definition) is 1. The van der Waals surface area contributed by atoms with Crippen LogP contribution in [0.15, 0.2) is 60.0 Å². The number of carbonyl (C=O) groups excluding carboxylic acids is 1. The second-order valence-corrected chi connectivity index (χ2v) is 6.51. The molecule has 0 fully saturated rings. The molecule has 4 nitrogen and oxygen atoms in total. The van der Waals surface area contributed by atoms with Crippen molar-refractivity contribution >= 4 is 22.4 Å². The van der Waals surface area contributed by atoms with Crippen molar-refractivity contribution in [2.75, 3.05) is 12.4 Å². The number of nitrogens with one attached hydrogen (secondary N) is 1. The second-order valence-electron chi connectivity index (χ2n) is 5.65. The van der Waals surface area contributed by atoms with Gasteiger partial charge < -0.3 is 10.1 Å². The number of methoxy groups -OCH3 is 1. The lowest BCUT2D eigenvalue weighted by atomic mass is 10.1. The number of carbonyl (C=O) groups is 1. The van der Waals surface area contributed by atoms with Crippen LogP contribution >= 0.6 is 11.3 Å². The van der Waals surface area contributed by atoms with Gasteiger partial charge >= 0.3 is 0 Å². The average Bonchev–Trinajstić information content (AvgIpc) is 3.11. The fourth-order valence-electron chi connectivity index (χ4n) is 2.51. The van der Waals surface area contributed by atoms with E-state index in [4.69, 9.17) is 4.74 Å². The maximum absolute atomic E-state index is 12.1. The van der Waals surface area contributed by atoms with Gasteiger partial charge in [-0.25, -0.2) is 4.98 Å². The highest BCUT2D eigenvalue weighted by Crippen LogP contribution is 2.26. The second kappa shape index (κ2) is 8.44. The van der Waals surface area contributed by atoms with Crippen LogP contribution in [0.4, 0.5) is 5.13 Å². The third-order valence-corrected chi connectivity index (χ3v) is 4.61. The maximum Gasteiger partial charge on any atom is 0.226 e. The predicted molar refractivity (Wildman–Crippen MR) is 102 cm³/mol. The van der Waals surface area contributed by atoms with Crippen LogP contribution in [0.5, 0.6) is 5.75 Å². The lowest BCUT2D eigenvalue weighted by molar-refractivity contribution is -0.116. The van der Waals surface area contributed by atoms with E-state index in [-0.39, 0.29) is 5.91 Å². The summed E-state index contributed by atoms with van der Waals surface area (Å²) in [5.41, 5.74) is 3.11. The maximum atomic E-state index is 12.1. The van der Waals surface area contributed by atoms with Crippen LogP contribution in [-0.4, -0.2) is 18.0 Å². The van der Waals surface area contributed by atoms with Crippen molar-refractivity contribution in [2.45, 2.75) is 19.3 Å². The van der Waals surface area contributed by atoms with Crippen LogP contribution in [-0.2, 0) is 11.2 Å². The van der Waals surface area contributed by atoms with Crippen molar-refractivity contribution in [1.29, 1.82) is 0 Å². The van der Waals surface area contributed by atoms with Crippen molar-refractivity contribution in [3.8, 4) is 17.0 Å². The van der Waals surface area contributed by atoms with E-state index < -0.39 is 0 Å². The van der Waals surface area contributed by atoms with Gasteiger partial charge in [-0.15, -0.1) is 11.3 Å². The minimum Gasteiger partial charge on any atom is -0.497 e. The molecule has 0 spiro atoms. The molecule has 1 heterocycles. The zero-order valence-corrected chi connectivity index (χ0v) is 14.9. The van der Waals surface area contributed by atoms with Gasteiger partial charge in [0.15, 0.2) is 5.13 Å². The van der Waals surface area contributed by atoms with E-state index in [0.29, 0.717) is 11.6 Å². The van der Waals surface area contributed by atoms with Crippen molar-refractivity contribution in [3.63, 3.8) is 0 Å². The van der Waals surface area contributed by atoms with Gasteiger partial charge in [-0.2, -0.15) is 0 Å². The highest BCUT2D eigenvalue weighted by Gasteiger charge is 2.08. The molecule has 1 aromatic heterocycles. The fraction of sp³-hybridized carbons (Fsp3) is 0.200. The van der Waals surface area contributed by atoms with E-state index in [9.17, 15) is 4.79 Å². The Hall–Kier alpha value is -2.66. The van der Waals surface area contributed by atoms with E-state index in [1.807, 2.05) is 47.8 Å². The fourth-order valence-corrected chi connectivity index (χ4v) is 3.24. The Morgan fingerprint density at radius 3 is 2.60 bits per heavy atom. The molecule has 1 amide bonds. The van der Waals surface area contributed by atoms with Crippen LogP contribution in [0.2, 0.25) is 0 Å². The summed E-state index contributed by atoms with van der Waals surface area (Å²) in [6, 6.07) is 17.9. The summed E-state index contributed by atoms with van der Waals surface area (Å²) in [7, 11) is 1.64. The molecule has 128 valence electrons. The molecule has 5 heteroatoms. The average molecular weight is 352 g/mol. The van der Waals surface area contributed by atoms with Gasteiger partial charge in [0, 0.05) is 17.4 Å². The highest BCUT2D eigenvalue weighted by atomic mass is 32.1. The van der Waals surface area contributed by atoms with Crippen LogP contribution in [0.1, 0.15) is 18.4 Å². The van der Waals surface area contributed by atoms with Gasteiger partial charge in [-0.05, 0) is 42.7 Å². The molecule has 0 saturated heterocycles. The number of hydrogen-bond acceptors (Lipinski definition) is 4. The molecule has 2 aromatic carbocycles. The van der Waals surface area contributed by atoms with Gasteiger partial charge in [-0.1, -0.05) is 30.3 Å². The van der Waals surface area contributed by atoms with E-state index in [0.717, 1.165) is 29.8 Å². The van der Waals surface area contributed by atoms with Crippen LogP contribution in [0.3, 0.4) is 0 Å². The normalized spacial score (nSPS) is 10.4. The van der Waals surface area contributed by atoms with Gasteiger partial charge in [0.1, 0.15) is 5.75 Å². The number of anilines is 1. The first kappa shape index (κ1) is 17.2. The van der Waals surface area contributed by atoms with Crippen LogP contribution in [0.25, 0.3) is 11.3 Å². The molecule has 25 heavy (non-hydrogen) atoms. The number of aromatic nitrogens is 1. The summed E-state index contributed by atoms with van der Waals surface area (Å²) in [6.07, 6.45) is 2.22. The Morgan fingerprint density at radius 1 is 1.12 bits per heavy atom. The van der Waals surface area contributed by atoms with Gasteiger partial charge in [0.2, 0.25) is 5.91 Å². The standard InChI is InChI=1S/C20H20N2O2S/c1-24-17-12-10-16(11-13-17)18-14-25-20(21-18)22-19(23)9-5-8-15-6-3-2-4-7-15/h2-4,6-7,10-14H,5,8-9H2,1H3,(H,21,22,23). The molecule has 0 aliphatic heterocycles. The van der Waals surface area contributed by atoms with E-state index in [1.165, 1.54) is 16.9 Å². The minimum absolute atomic E-state index is 0.00608. The summed E-state index contributed by atoms with van der Waals surface area (Å²) < 4.78 is 5.16. The molecule has 0 aliphatic rings. The van der Waals surface area contributed by atoms with E-state index in [2.05, 4.69) is 22.4 Å². The molecular weight excluding hydrogens is 332 g/mol. The summed E-state index contributed by atoms with van der Waals surface area (Å²) in [6.45, 7) is 0. The largest absolute Gasteiger partial charge is 0.497 e. The first-order valence-corrected chi connectivity index (χ1v) is 9.06. The summed E-state index contributed by atoms with van der Waals surface area (Å²) >= 11 is 1.44. The van der Waals surface area contributed by atoms with E-state index >= 15 is 0 Å². The van der Waals surface area contributed by atoms with Gasteiger partial charge in [0.05, 0.1) is 12.8 Å². The van der Waals surface area contributed by atoms with Crippen LogP contribution < -0.4 is 10.1 Å². The minimum atomic E-state index is 0.00608. The summed E-state index contributed by atoms with van der Waals surface area (Å²) in [4.78, 5) is 16.6. The zero-order chi connectivity index (χ0) is 17.5. The number of benzene rings is 2. The topological polar surface area (TPSA) is 51.2 Å². The summed E-state index contributed by atoms with van der Waals surface area (Å²) in [5.74, 6) is 0.817. The Labute approximate surface area is 151 Å². The van der Waals surface area contributed by atoms with Crippen molar-refractivity contribution in [2.24, 2.45) is 0 Å². The van der Waals surface area contributed by atoms with Crippen LogP contribution in [0, 0.1) is 0 Å². The zero-order valence-electron chi connectivity index (χ0n) is 14.1. The molecule has 0 saturated carbocycles. The first-order valence-electron chi connectivity index (χ1n) is 8.18. The molecular formula is C20H20N2O2S. The molecule has 3 aromatic rings. The monoisotopic (exact) mass is 352 g/mol. The van der Waals surface area contributed by atoms with Crippen molar-refractivity contribution < 1.29 is 9.53 Å². The van der Waals surface area contributed by atoms with Gasteiger partial charge in [-0.3, -0.25) is 4.79 Å². The number of nitrogens with zero attached hydrogens (tertiary/aromatic N) is 1. The predicted octanol–water partition coefficient (Wildman–Crippen LogP) is 4.78. The Balaban J connectivity index is 1.51. The molecule has 0 aliphatic carbocycles. The first-order chi connectivity index (χ1) is 12.2. The van der Waals surface area contributed by atoms with Crippen molar-refractivity contribution in [3.05, 3.63) is 65.5 Å². The Kier molecular flexibility index (Phi) is 5.80.